The van der Waals surface area contributed by atoms with Crippen LogP contribution < -0.4 is 5.32 Å². The van der Waals surface area contributed by atoms with Crippen molar-refractivity contribution >= 4 is 11.7 Å². The number of carbonyl (C=O) groups excluding carboxylic acids is 1. The SMILES string of the molecule is CO[C@@H](C(=O)Nc1ccnn1C1CCN(C(C)C)CC1)c1ccccc1. The Balaban J connectivity index is 1.68. The van der Waals surface area contributed by atoms with E-state index in [1.54, 1.807) is 13.3 Å². The van der Waals surface area contributed by atoms with Gasteiger partial charge in [-0.1, -0.05) is 30.3 Å². The number of hydrogen-bond acceptors (Lipinski definition) is 4. The fourth-order valence-electron chi connectivity index (χ4n) is 3.57. The van der Waals surface area contributed by atoms with Crippen LogP contribution in [0.4, 0.5) is 5.82 Å². The first-order valence-electron chi connectivity index (χ1n) is 9.26. The van der Waals surface area contributed by atoms with E-state index in [-0.39, 0.29) is 5.91 Å². The maximum absolute atomic E-state index is 12.7. The number of aromatic nitrogens is 2. The number of nitrogens with one attached hydrogen (secondary N) is 1. The summed E-state index contributed by atoms with van der Waals surface area (Å²) in [5, 5.41) is 7.46. The van der Waals surface area contributed by atoms with Gasteiger partial charge in [0.1, 0.15) is 5.82 Å². The molecular formula is C20H28N4O2. The lowest BCUT2D eigenvalue weighted by atomic mass is 10.0. The molecule has 0 saturated carbocycles. The molecule has 1 saturated heterocycles. The maximum Gasteiger partial charge on any atom is 0.259 e. The van der Waals surface area contributed by atoms with Crippen molar-refractivity contribution in [1.82, 2.24) is 14.7 Å². The third kappa shape index (κ3) is 4.14. The highest BCUT2D eigenvalue weighted by molar-refractivity contribution is 5.94. The molecule has 2 heterocycles. The Hall–Kier alpha value is -2.18. The molecule has 26 heavy (non-hydrogen) atoms. The van der Waals surface area contributed by atoms with Crippen molar-refractivity contribution in [1.29, 1.82) is 0 Å². The van der Waals surface area contributed by atoms with E-state index in [1.807, 2.05) is 41.1 Å². The Morgan fingerprint density at radius 1 is 1.19 bits per heavy atom. The van der Waals surface area contributed by atoms with Crippen molar-refractivity contribution in [2.24, 2.45) is 0 Å². The molecule has 1 fully saturated rings. The van der Waals surface area contributed by atoms with Gasteiger partial charge in [-0.3, -0.25) is 4.79 Å². The van der Waals surface area contributed by atoms with E-state index in [1.165, 1.54) is 0 Å². The zero-order valence-electron chi connectivity index (χ0n) is 15.8. The fourth-order valence-corrected chi connectivity index (χ4v) is 3.57. The average Bonchev–Trinajstić information content (AvgIpc) is 3.11. The summed E-state index contributed by atoms with van der Waals surface area (Å²) in [4.78, 5) is 15.2. The highest BCUT2D eigenvalue weighted by atomic mass is 16.5. The van der Waals surface area contributed by atoms with Crippen molar-refractivity contribution in [2.45, 2.75) is 44.9 Å². The third-order valence-electron chi connectivity index (χ3n) is 5.07. The number of likely N-dealkylation sites (tertiary alicyclic amines) is 1. The van der Waals surface area contributed by atoms with Crippen LogP contribution in [0.2, 0.25) is 0 Å². The van der Waals surface area contributed by atoms with Gasteiger partial charge in [-0.25, -0.2) is 4.68 Å². The fraction of sp³-hybridized carbons (Fsp3) is 0.500. The number of nitrogens with zero attached hydrogens (tertiary/aromatic N) is 3. The van der Waals surface area contributed by atoms with Crippen LogP contribution in [0.3, 0.4) is 0 Å². The number of benzene rings is 1. The zero-order valence-corrected chi connectivity index (χ0v) is 15.8. The summed E-state index contributed by atoms with van der Waals surface area (Å²) in [6, 6.07) is 12.3. The summed E-state index contributed by atoms with van der Waals surface area (Å²) in [7, 11) is 1.55. The normalized spacial score (nSPS) is 17.4. The summed E-state index contributed by atoms with van der Waals surface area (Å²) in [5.74, 6) is 0.552. The van der Waals surface area contributed by atoms with E-state index in [0.717, 1.165) is 37.3 Å². The molecule has 1 aliphatic heterocycles. The lowest BCUT2D eigenvalue weighted by molar-refractivity contribution is -0.126. The Bertz CT molecular complexity index is 706. The van der Waals surface area contributed by atoms with Crippen LogP contribution >= 0.6 is 0 Å². The van der Waals surface area contributed by atoms with Crippen molar-refractivity contribution in [3.8, 4) is 0 Å². The van der Waals surface area contributed by atoms with Crippen molar-refractivity contribution in [2.75, 3.05) is 25.5 Å². The van der Waals surface area contributed by atoms with Gasteiger partial charge >= 0.3 is 0 Å². The number of amides is 1. The molecule has 0 unspecified atom stereocenters. The number of rotatable bonds is 6. The van der Waals surface area contributed by atoms with Crippen LogP contribution in [0.25, 0.3) is 0 Å². The number of piperidine rings is 1. The van der Waals surface area contributed by atoms with E-state index in [2.05, 4.69) is 29.2 Å². The standard InChI is InChI=1S/C20H28N4O2/c1-15(2)23-13-10-17(11-14-23)24-18(9-12-21-24)22-20(25)19(26-3)16-7-5-4-6-8-16/h4-9,12,15,17,19H,10-11,13-14H2,1-3H3,(H,22,25)/t19-/m1/s1. The summed E-state index contributed by atoms with van der Waals surface area (Å²) in [5.41, 5.74) is 0.837. The molecule has 3 rings (SSSR count). The number of carbonyl (C=O) groups is 1. The zero-order chi connectivity index (χ0) is 18.5. The van der Waals surface area contributed by atoms with Crippen LogP contribution in [0.1, 0.15) is 44.4 Å². The summed E-state index contributed by atoms with van der Waals surface area (Å²) in [6.07, 6.45) is 3.18. The van der Waals surface area contributed by atoms with Gasteiger partial charge in [0.05, 0.1) is 12.2 Å². The highest BCUT2D eigenvalue weighted by Gasteiger charge is 2.26. The monoisotopic (exact) mass is 356 g/mol. The van der Waals surface area contributed by atoms with Crippen LogP contribution in [0.15, 0.2) is 42.6 Å². The van der Waals surface area contributed by atoms with Crippen LogP contribution in [0.5, 0.6) is 0 Å². The number of ether oxygens (including phenoxy) is 1. The van der Waals surface area contributed by atoms with Crippen LogP contribution in [-0.2, 0) is 9.53 Å². The molecule has 0 radical (unpaired) electrons. The Kier molecular flexibility index (Phi) is 6.06. The molecule has 0 spiro atoms. The van der Waals surface area contributed by atoms with Crippen molar-refractivity contribution in [3.63, 3.8) is 0 Å². The van der Waals surface area contributed by atoms with Gasteiger partial charge in [-0.05, 0) is 32.3 Å². The molecule has 2 aromatic rings. The second kappa shape index (κ2) is 8.47. The van der Waals surface area contributed by atoms with E-state index in [9.17, 15) is 4.79 Å². The second-order valence-corrected chi connectivity index (χ2v) is 7.04. The molecule has 1 amide bonds. The minimum Gasteiger partial charge on any atom is -0.367 e. The minimum atomic E-state index is -0.637. The van der Waals surface area contributed by atoms with E-state index in [4.69, 9.17) is 4.74 Å². The molecule has 1 atom stereocenters. The Labute approximate surface area is 155 Å². The molecule has 0 bridgehead atoms. The van der Waals surface area contributed by atoms with Crippen LogP contribution in [-0.4, -0.2) is 46.8 Å². The Morgan fingerprint density at radius 2 is 1.88 bits per heavy atom. The molecule has 0 aliphatic carbocycles. The summed E-state index contributed by atoms with van der Waals surface area (Å²) >= 11 is 0. The predicted octanol–water partition coefficient (Wildman–Crippen LogP) is 3.25. The van der Waals surface area contributed by atoms with Gasteiger partial charge in [-0.2, -0.15) is 5.10 Å². The van der Waals surface area contributed by atoms with Crippen molar-refractivity contribution in [3.05, 3.63) is 48.2 Å². The smallest absolute Gasteiger partial charge is 0.259 e. The third-order valence-corrected chi connectivity index (χ3v) is 5.07. The van der Waals surface area contributed by atoms with Gasteiger partial charge in [0.15, 0.2) is 6.10 Å². The molecule has 1 aliphatic rings. The summed E-state index contributed by atoms with van der Waals surface area (Å²) in [6.45, 7) is 6.57. The Morgan fingerprint density at radius 3 is 2.50 bits per heavy atom. The first-order valence-corrected chi connectivity index (χ1v) is 9.26. The number of hydrogen-bond donors (Lipinski definition) is 1. The molecule has 140 valence electrons. The van der Waals surface area contributed by atoms with Gasteiger partial charge < -0.3 is 15.0 Å². The number of methoxy groups -OCH3 is 1. The van der Waals surface area contributed by atoms with Gasteiger partial charge in [-0.15, -0.1) is 0 Å². The van der Waals surface area contributed by atoms with Gasteiger partial charge in [0.2, 0.25) is 0 Å². The second-order valence-electron chi connectivity index (χ2n) is 7.04. The number of anilines is 1. The first-order chi connectivity index (χ1) is 12.6. The van der Waals surface area contributed by atoms with E-state index < -0.39 is 6.10 Å². The van der Waals surface area contributed by atoms with E-state index in [0.29, 0.717) is 12.1 Å². The quantitative estimate of drug-likeness (QED) is 0.863. The predicted molar refractivity (Wildman–Crippen MR) is 102 cm³/mol. The molecule has 1 N–H and O–H groups in total. The molecule has 6 heteroatoms. The maximum atomic E-state index is 12.7. The largest absolute Gasteiger partial charge is 0.367 e. The minimum absolute atomic E-state index is 0.180. The molecular weight excluding hydrogens is 328 g/mol. The molecule has 6 nitrogen and oxygen atoms in total. The molecule has 1 aromatic heterocycles. The van der Waals surface area contributed by atoms with Gasteiger partial charge in [0, 0.05) is 32.3 Å². The lowest BCUT2D eigenvalue weighted by Gasteiger charge is -2.35. The summed E-state index contributed by atoms with van der Waals surface area (Å²) < 4.78 is 7.38. The lowest BCUT2D eigenvalue weighted by Crippen LogP contribution is -2.39. The highest BCUT2D eigenvalue weighted by Crippen LogP contribution is 2.27. The molecule has 1 aromatic carbocycles. The van der Waals surface area contributed by atoms with E-state index >= 15 is 0 Å². The topological polar surface area (TPSA) is 59.4 Å². The average molecular weight is 356 g/mol. The van der Waals surface area contributed by atoms with Crippen LogP contribution in [0, 0.1) is 0 Å². The first kappa shape index (κ1) is 18.6. The van der Waals surface area contributed by atoms with Crippen molar-refractivity contribution < 1.29 is 9.53 Å². The van der Waals surface area contributed by atoms with Gasteiger partial charge in [0.25, 0.3) is 5.91 Å².